The number of amides is 2. The maximum atomic E-state index is 13.2. The molecular weight excluding hydrogens is 376 g/mol. The number of fused-ring (bicyclic) bond motifs is 2. The van der Waals surface area contributed by atoms with E-state index in [1.807, 2.05) is 18.2 Å². The van der Waals surface area contributed by atoms with Gasteiger partial charge in [0.1, 0.15) is 0 Å². The molecule has 30 heavy (non-hydrogen) atoms. The summed E-state index contributed by atoms with van der Waals surface area (Å²) in [5.41, 5.74) is 1.65. The fourth-order valence-electron chi connectivity index (χ4n) is 4.35. The monoisotopic (exact) mass is 406 g/mol. The van der Waals surface area contributed by atoms with Crippen LogP contribution in [-0.2, 0) is 4.79 Å². The van der Waals surface area contributed by atoms with Crippen molar-refractivity contribution in [1.29, 1.82) is 0 Å². The Balaban J connectivity index is 1.37. The number of anilines is 3. The zero-order valence-corrected chi connectivity index (χ0v) is 17.5. The van der Waals surface area contributed by atoms with Crippen LogP contribution < -0.4 is 10.2 Å². The third-order valence-electron chi connectivity index (χ3n) is 5.95. The molecule has 2 aliphatic heterocycles. The van der Waals surface area contributed by atoms with Crippen LogP contribution in [0.3, 0.4) is 0 Å². The number of para-hydroxylation sites is 1. The van der Waals surface area contributed by atoms with E-state index >= 15 is 0 Å². The lowest BCUT2D eigenvalue weighted by Crippen LogP contribution is -2.30. The molecule has 0 unspecified atom stereocenters. The van der Waals surface area contributed by atoms with Gasteiger partial charge >= 0.3 is 0 Å². The van der Waals surface area contributed by atoms with Gasteiger partial charge < -0.3 is 10.2 Å². The van der Waals surface area contributed by atoms with E-state index in [4.69, 9.17) is 0 Å². The molecule has 3 heterocycles. The molecule has 2 aromatic rings. The van der Waals surface area contributed by atoms with E-state index in [0.717, 1.165) is 19.3 Å². The number of nitrogens with zero attached hydrogens (tertiary/aromatic N) is 3. The number of carbonyl (C=O) groups is 2. The number of pyridine rings is 1. The summed E-state index contributed by atoms with van der Waals surface area (Å²) < 4.78 is 0. The Labute approximate surface area is 178 Å². The van der Waals surface area contributed by atoms with Crippen LogP contribution in [0.5, 0.6) is 0 Å². The van der Waals surface area contributed by atoms with Crippen LogP contribution in [-0.4, -0.2) is 41.3 Å². The van der Waals surface area contributed by atoms with Gasteiger partial charge in [-0.05, 0) is 69.6 Å². The molecule has 2 aliphatic rings. The van der Waals surface area contributed by atoms with E-state index < -0.39 is 0 Å². The summed E-state index contributed by atoms with van der Waals surface area (Å²) in [4.78, 5) is 34.4. The highest BCUT2D eigenvalue weighted by Gasteiger charge is 2.29. The molecule has 0 atom stereocenters. The Morgan fingerprint density at radius 3 is 2.63 bits per heavy atom. The summed E-state index contributed by atoms with van der Waals surface area (Å²) >= 11 is 0. The average molecular weight is 407 g/mol. The molecule has 1 fully saturated rings. The third kappa shape index (κ3) is 4.70. The van der Waals surface area contributed by atoms with Gasteiger partial charge in [0.15, 0.2) is 5.82 Å². The summed E-state index contributed by atoms with van der Waals surface area (Å²) in [5.74, 6) is 0.258. The first-order valence-corrected chi connectivity index (χ1v) is 11.1. The van der Waals surface area contributed by atoms with Crippen molar-refractivity contribution in [2.24, 2.45) is 0 Å². The molecule has 4 rings (SSSR count). The predicted octanol–water partition coefficient (Wildman–Crippen LogP) is 4.75. The van der Waals surface area contributed by atoms with Crippen LogP contribution in [0.2, 0.25) is 0 Å². The zero-order chi connectivity index (χ0) is 20.8. The average Bonchev–Trinajstić information content (AvgIpc) is 2.90. The maximum Gasteiger partial charge on any atom is 0.257 e. The summed E-state index contributed by atoms with van der Waals surface area (Å²) in [6.07, 6.45) is 10.4. The van der Waals surface area contributed by atoms with Gasteiger partial charge in [0.25, 0.3) is 5.91 Å². The molecule has 1 aromatic carbocycles. The molecule has 6 heteroatoms. The number of unbranched alkanes of at least 4 members (excludes halogenated alkanes) is 3. The second-order valence-corrected chi connectivity index (χ2v) is 8.14. The van der Waals surface area contributed by atoms with Gasteiger partial charge in [-0.1, -0.05) is 31.4 Å². The summed E-state index contributed by atoms with van der Waals surface area (Å²) in [6, 6.07) is 10.8. The molecule has 0 aliphatic carbocycles. The Bertz CT molecular complexity index is 892. The number of aromatic nitrogens is 1. The molecule has 6 nitrogen and oxygen atoms in total. The van der Waals surface area contributed by atoms with Crippen molar-refractivity contribution in [3.8, 4) is 0 Å². The predicted molar refractivity (Wildman–Crippen MR) is 119 cm³/mol. The first-order chi connectivity index (χ1) is 14.7. The van der Waals surface area contributed by atoms with Crippen molar-refractivity contribution in [2.75, 3.05) is 29.9 Å². The van der Waals surface area contributed by atoms with E-state index in [1.54, 1.807) is 29.3 Å². The Kier molecular flexibility index (Phi) is 6.74. The third-order valence-corrected chi connectivity index (χ3v) is 5.95. The number of hydrogen-bond donors (Lipinski definition) is 1. The summed E-state index contributed by atoms with van der Waals surface area (Å²) in [6.45, 7) is 3.66. The normalized spacial score (nSPS) is 16.4. The second-order valence-electron chi connectivity index (χ2n) is 8.14. The van der Waals surface area contributed by atoms with Gasteiger partial charge in [0.05, 0.1) is 16.9 Å². The molecule has 2 amide bonds. The molecule has 0 radical (unpaired) electrons. The number of carbonyl (C=O) groups excluding carboxylic acids is 2. The van der Waals surface area contributed by atoms with E-state index in [9.17, 15) is 9.59 Å². The van der Waals surface area contributed by atoms with Gasteiger partial charge in [-0.2, -0.15) is 0 Å². The molecule has 1 aromatic heterocycles. The highest BCUT2D eigenvalue weighted by Crippen LogP contribution is 2.36. The van der Waals surface area contributed by atoms with Gasteiger partial charge in [-0.25, -0.2) is 4.98 Å². The van der Waals surface area contributed by atoms with Gasteiger partial charge in [0.2, 0.25) is 5.91 Å². The van der Waals surface area contributed by atoms with E-state index in [0.29, 0.717) is 29.2 Å². The molecule has 0 saturated carbocycles. The SMILES string of the molecule is O=C1Nc2cccnc2N(C(=O)CCCCCCN2CCCCC2)c2ccccc21. The lowest BCUT2D eigenvalue weighted by Gasteiger charge is -2.26. The van der Waals surface area contributed by atoms with Crippen molar-refractivity contribution in [3.05, 3.63) is 48.2 Å². The smallest absolute Gasteiger partial charge is 0.257 e. The lowest BCUT2D eigenvalue weighted by atomic mass is 10.1. The van der Waals surface area contributed by atoms with Crippen LogP contribution in [0.15, 0.2) is 42.6 Å². The van der Waals surface area contributed by atoms with Gasteiger partial charge in [-0.15, -0.1) is 0 Å². The van der Waals surface area contributed by atoms with Crippen molar-refractivity contribution in [1.82, 2.24) is 9.88 Å². The zero-order valence-electron chi connectivity index (χ0n) is 17.5. The highest BCUT2D eigenvalue weighted by molar-refractivity contribution is 6.17. The minimum atomic E-state index is -0.215. The molecule has 1 N–H and O–H groups in total. The first kappa shape index (κ1) is 20.5. The van der Waals surface area contributed by atoms with Crippen LogP contribution in [0.1, 0.15) is 61.7 Å². The molecular formula is C24H30N4O2. The van der Waals surface area contributed by atoms with Crippen LogP contribution in [0.25, 0.3) is 0 Å². The summed E-state index contributed by atoms with van der Waals surface area (Å²) in [7, 11) is 0. The number of benzene rings is 1. The molecule has 0 bridgehead atoms. The Morgan fingerprint density at radius 1 is 0.967 bits per heavy atom. The molecule has 158 valence electrons. The second kappa shape index (κ2) is 9.85. The van der Waals surface area contributed by atoms with Crippen molar-refractivity contribution >= 4 is 29.0 Å². The van der Waals surface area contributed by atoms with Gasteiger partial charge in [-0.3, -0.25) is 14.5 Å². The van der Waals surface area contributed by atoms with Crippen molar-refractivity contribution in [3.63, 3.8) is 0 Å². The van der Waals surface area contributed by atoms with Crippen molar-refractivity contribution in [2.45, 2.75) is 51.4 Å². The summed E-state index contributed by atoms with van der Waals surface area (Å²) in [5, 5.41) is 2.88. The lowest BCUT2D eigenvalue weighted by molar-refractivity contribution is -0.118. The number of nitrogens with one attached hydrogen (secondary N) is 1. The van der Waals surface area contributed by atoms with Crippen LogP contribution >= 0.6 is 0 Å². The topological polar surface area (TPSA) is 65.5 Å². The minimum absolute atomic E-state index is 0.0186. The number of likely N-dealkylation sites (tertiary alicyclic amines) is 1. The standard InChI is InChI=1S/C24H30N4O2/c29-22(14-4-1-2-7-16-27-17-8-3-9-18-27)28-21-13-6-5-11-19(21)24(30)26-20-12-10-15-25-23(20)28/h5-6,10-13,15H,1-4,7-9,14,16-18H2,(H,26,30). The van der Waals surface area contributed by atoms with E-state index in [2.05, 4.69) is 15.2 Å². The van der Waals surface area contributed by atoms with Crippen molar-refractivity contribution < 1.29 is 9.59 Å². The maximum absolute atomic E-state index is 13.2. The number of rotatable bonds is 7. The van der Waals surface area contributed by atoms with E-state index in [-0.39, 0.29) is 11.8 Å². The number of piperidine rings is 1. The van der Waals surface area contributed by atoms with Gasteiger partial charge in [0, 0.05) is 12.6 Å². The minimum Gasteiger partial charge on any atom is -0.319 e. The Hall–Kier alpha value is -2.73. The van der Waals surface area contributed by atoms with Crippen LogP contribution in [0.4, 0.5) is 17.2 Å². The fourth-order valence-corrected chi connectivity index (χ4v) is 4.35. The highest BCUT2D eigenvalue weighted by atomic mass is 16.2. The van der Waals surface area contributed by atoms with Crippen LogP contribution in [0, 0.1) is 0 Å². The molecule has 1 saturated heterocycles. The largest absolute Gasteiger partial charge is 0.319 e. The Morgan fingerprint density at radius 2 is 1.77 bits per heavy atom. The molecule has 0 spiro atoms. The number of hydrogen-bond acceptors (Lipinski definition) is 4. The fraction of sp³-hybridized carbons (Fsp3) is 0.458. The first-order valence-electron chi connectivity index (χ1n) is 11.1. The quantitative estimate of drug-likeness (QED) is 0.674. The van der Waals surface area contributed by atoms with E-state index in [1.165, 1.54) is 45.3 Å².